The Kier molecular flexibility index (Phi) is 62.6. The second-order valence-electron chi connectivity index (χ2n) is 22.7. The van der Waals surface area contributed by atoms with Gasteiger partial charge in [0, 0.05) is 19.3 Å². The van der Waals surface area contributed by atoms with E-state index >= 15 is 0 Å². The molecule has 0 aliphatic heterocycles. The first kappa shape index (κ1) is 73.4. The first-order chi connectivity index (χ1) is 37.5. The van der Waals surface area contributed by atoms with Gasteiger partial charge in [-0.2, -0.15) is 0 Å². The number of carbonyl (C=O) groups is 3. The van der Waals surface area contributed by atoms with E-state index in [-0.39, 0.29) is 31.1 Å². The van der Waals surface area contributed by atoms with E-state index in [1.807, 2.05) is 0 Å². The Labute approximate surface area is 473 Å². The summed E-state index contributed by atoms with van der Waals surface area (Å²) in [5.74, 6) is -0.877. The van der Waals surface area contributed by atoms with Gasteiger partial charge >= 0.3 is 17.9 Å². The number of ether oxygens (including phenoxy) is 3. The van der Waals surface area contributed by atoms with Gasteiger partial charge < -0.3 is 14.2 Å². The Morgan fingerprint density at radius 2 is 0.513 bits per heavy atom. The maximum Gasteiger partial charge on any atom is 0.306 e. The molecule has 0 aliphatic carbocycles. The third-order valence-corrected chi connectivity index (χ3v) is 15.1. The summed E-state index contributed by atoms with van der Waals surface area (Å²) in [6.07, 6.45) is 81.3. The average molecular weight is 1070 g/mol. The first-order valence-corrected chi connectivity index (χ1v) is 33.6. The van der Waals surface area contributed by atoms with Crippen LogP contribution in [-0.4, -0.2) is 37.2 Å². The molecule has 0 spiro atoms. The van der Waals surface area contributed by atoms with Gasteiger partial charge in [-0.1, -0.05) is 333 Å². The van der Waals surface area contributed by atoms with E-state index < -0.39 is 6.10 Å². The van der Waals surface area contributed by atoms with Gasteiger partial charge in [0.05, 0.1) is 0 Å². The molecule has 0 saturated carbocycles. The van der Waals surface area contributed by atoms with Crippen LogP contribution >= 0.6 is 0 Å². The molecule has 1 atom stereocenters. The zero-order chi connectivity index (χ0) is 55.0. The largest absolute Gasteiger partial charge is 0.462 e. The first-order valence-electron chi connectivity index (χ1n) is 33.6. The molecular formula is C70H128O6. The molecule has 0 bridgehead atoms. The van der Waals surface area contributed by atoms with Crippen molar-refractivity contribution in [3.05, 3.63) is 48.6 Å². The van der Waals surface area contributed by atoms with Crippen molar-refractivity contribution in [2.75, 3.05) is 13.2 Å². The molecule has 0 aliphatic rings. The van der Waals surface area contributed by atoms with Crippen molar-refractivity contribution in [1.29, 1.82) is 0 Å². The van der Waals surface area contributed by atoms with Crippen LogP contribution in [-0.2, 0) is 28.6 Å². The van der Waals surface area contributed by atoms with Crippen molar-refractivity contribution in [3.63, 3.8) is 0 Å². The molecule has 0 radical (unpaired) electrons. The Bertz CT molecular complexity index is 1310. The third kappa shape index (κ3) is 62.2. The fourth-order valence-electron chi connectivity index (χ4n) is 10.1. The summed E-state index contributed by atoms with van der Waals surface area (Å²) >= 11 is 0. The van der Waals surface area contributed by atoms with Crippen molar-refractivity contribution < 1.29 is 28.6 Å². The zero-order valence-corrected chi connectivity index (χ0v) is 51.0. The second kappa shape index (κ2) is 64.9. The molecule has 1 unspecified atom stereocenters. The molecule has 0 N–H and O–H groups in total. The summed E-state index contributed by atoms with van der Waals surface area (Å²) in [4.78, 5) is 38.4. The third-order valence-electron chi connectivity index (χ3n) is 15.1. The van der Waals surface area contributed by atoms with Crippen molar-refractivity contribution in [2.45, 2.75) is 367 Å². The summed E-state index contributed by atoms with van der Waals surface area (Å²) in [5, 5.41) is 0. The molecule has 0 rings (SSSR count). The molecular weight excluding hydrogens is 937 g/mol. The Morgan fingerprint density at radius 1 is 0.276 bits per heavy atom. The van der Waals surface area contributed by atoms with E-state index in [1.54, 1.807) is 0 Å². The van der Waals surface area contributed by atoms with E-state index in [9.17, 15) is 14.4 Å². The van der Waals surface area contributed by atoms with Gasteiger partial charge in [-0.3, -0.25) is 14.4 Å². The summed E-state index contributed by atoms with van der Waals surface area (Å²) < 4.78 is 17.0. The molecule has 0 amide bonds. The van der Waals surface area contributed by atoms with Gasteiger partial charge in [-0.05, 0) is 57.8 Å². The maximum absolute atomic E-state index is 12.9. The predicted octanol–water partition coefficient (Wildman–Crippen LogP) is 22.9. The number of carbonyl (C=O) groups excluding carboxylic acids is 3. The SMILES string of the molecule is CC/C=C\C/C=C\C/C=C\C/C=C\CCCCCCC(=O)OC(COC(=O)CCCCCCCCCCCCCCCCCC)COC(=O)CCCCCCCCCCCCCCCCCCCCCCCCCCC. The number of rotatable bonds is 62. The quantitative estimate of drug-likeness (QED) is 0.0261. The number of hydrogen-bond acceptors (Lipinski definition) is 6. The van der Waals surface area contributed by atoms with E-state index in [4.69, 9.17) is 14.2 Å². The average Bonchev–Trinajstić information content (AvgIpc) is 3.42. The number of allylic oxidation sites excluding steroid dienone is 8. The van der Waals surface area contributed by atoms with E-state index in [1.165, 1.54) is 225 Å². The van der Waals surface area contributed by atoms with E-state index in [2.05, 4.69) is 69.4 Å². The van der Waals surface area contributed by atoms with Crippen molar-refractivity contribution >= 4 is 17.9 Å². The summed E-state index contributed by atoms with van der Waals surface area (Å²) in [5.41, 5.74) is 0. The topological polar surface area (TPSA) is 78.9 Å². The Balaban J connectivity index is 4.28. The molecule has 0 fully saturated rings. The van der Waals surface area contributed by atoms with Crippen LogP contribution in [0.4, 0.5) is 0 Å². The maximum atomic E-state index is 12.9. The van der Waals surface area contributed by atoms with Crippen molar-refractivity contribution in [1.82, 2.24) is 0 Å². The smallest absolute Gasteiger partial charge is 0.306 e. The number of unbranched alkanes of at least 4 members (excludes halogenated alkanes) is 43. The fraction of sp³-hybridized carbons (Fsp3) is 0.843. The van der Waals surface area contributed by atoms with Crippen LogP contribution in [0.5, 0.6) is 0 Å². The van der Waals surface area contributed by atoms with Crippen LogP contribution in [0.15, 0.2) is 48.6 Å². The summed E-state index contributed by atoms with van der Waals surface area (Å²) in [6.45, 7) is 6.58. The highest BCUT2D eigenvalue weighted by Crippen LogP contribution is 2.18. The number of esters is 3. The minimum atomic E-state index is -0.784. The lowest BCUT2D eigenvalue weighted by molar-refractivity contribution is -0.167. The van der Waals surface area contributed by atoms with Gasteiger partial charge in [0.15, 0.2) is 6.10 Å². The van der Waals surface area contributed by atoms with E-state index in [0.717, 1.165) is 96.3 Å². The van der Waals surface area contributed by atoms with Gasteiger partial charge in [0.1, 0.15) is 13.2 Å². The van der Waals surface area contributed by atoms with E-state index in [0.29, 0.717) is 19.3 Å². The minimum absolute atomic E-state index is 0.0782. The summed E-state index contributed by atoms with van der Waals surface area (Å²) in [6, 6.07) is 0. The number of hydrogen-bond donors (Lipinski definition) is 0. The van der Waals surface area contributed by atoms with Crippen LogP contribution in [0, 0.1) is 0 Å². The highest BCUT2D eigenvalue weighted by atomic mass is 16.6. The molecule has 444 valence electrons. The molecule has 0 aromatic rings. The van der Waals surface area contributed by atoms with Crippen LogP contribution < -0.4 is 0 Å². The fourth-order valence-corrected chi connectivity index (χ4v) is 10.1. The lowest BCUT2D eigenvalue weighted by Gasteiger charge is -2.18. The lowest BCUT2D eigenvalue weighted by atomic mass is 10.0. The molecule has 76 heavy (non-hydrogen) atoms. The normalized spacial score (nSPS) is 12.3. The Morgan fingerprint density at radius 3 is 0.803 bits per heavy atom. The molecule has 6 nitrogen and oxygen atoms in total. The monoisotopic (exact) mass is 1060 g/mol. The Hall–Kier alpha value is -2.63. The molecule has 0 heterocycles. The standard InChI is InChI=1S/C70H128O6/c1-4-7-10-13-16-19-22-25-28-31-32-33-34-35-36-37-38-40-42-45-48-51-54-57-60-63-69(72)75-66-67(65-74-68(71)62-59-56-53-50-47-44-41-30-27-24-21-18-15-12-9-6-3)76-70(73)64-61-58-55-52-49-46-43-39-29-26-23-20-17-14-11-8-5-2/h8,11,17,20,26,29,43,46,67H,4-7,9-10,12-16,18-19,21-25,27-28,30-42,44-45,47-66H2,1-3H3/b11-8-,20-17-,29-26-,46-43-. The minimum Gasteiger partial charge on any atom is -0.462 e. The van der Waals surface area contributed by atoms with Gasteiger partial charge in [-0.15, -0.1) is 0 Å². The molecule has 6 heteroatoms. The van der Waals surface area contributed by atoms with Gasteiger partial charge in [0.25, 0.3) is 0 Å². The van der Waals surface area contributed by atoms with Gasteiger partial charge in [-0.25, -0.2) is 0 Å². The second-order valence-corrected chi connectivity index (χ2v) is 22.7. The van der Waals surface area contributed by atoms with Crippen molar-refractivity contribution in [2.24, 2.45) is 0 Å². The molecule has 0 saturated heterocycles. The zero-order valence-electron chi connectivity index (χ0n) is 51.0. The molecule has 0 aromatic carbocycles. The van der Waals surface area contributed by atoms with Crippen LogP contribution in [0.2, 0.25) is 0 Å². The predicted molar refractivity (Wildman–Crippen MR) is 330 cm³/mol. The summed E-state index contributed by atoms with van der Waals surface area (Å²) in [7, 11) is 0. The highest BCUT2D eigenvalue weighted by Gasteiger charge is 2.19. The van der Waals surface area contributed by atoms with Crippen LogP contribution in [0.25, 0.3) is 0 Å². The van der Waals surface area contributed by atoms with Crippen molar-refractivity contribution in [3.8, 4) is 0 Å². The van der Waals surface area contributed by atoms with Gasteiger partial charge in [0.2, 0.25) is 0 Å². The highest BCUT2D eigenvalue weighted by molar-refractivity contribution is 5.71. The van der Waals surface area contributed by atoms with Crippen LogP contribution in [0.3, 0.4) is 0 Å². The van der Waals surface area contributed by atoms with Crippen LogP contribution in [0.1, 0.15) is 361 Å². The molecule has 0 aromatic heterocycles. The lowest BCUT2D eigenvalue weighted by Crippen LogP contribution is -2.30.